The minimum Gasteiger partial charge on any atom is -0.496 e. The molecule has 1 fully saturated rings. The molecule has 0 atom stereocenters. The highest BCUT2D eigenvalue weighted by molar-refractivity contribution is 5.43. The molecule has 1 aromatic carbocycles. The van der Waals surface area contributed by atoms with Crippen molar-refractivity contribution in [3.05, 3.63) is 28.8 Å². The molecule has 3 nitrogen and oxygen atoms in total. The van der Waals surface area contributed by atoms with Gasteiger partial charge in [-0.25, -0.2) is 0 Å². The van der Waals surface area contributed by atoms with Crippen molar-refractivity contribution in [2.45, 2.75) is 33.2 Å². The van der Waals surface area contributed by atoms with Crippen LogP contribution in [-0.4, -0.2) is 25.4 Å². The number of aliphatic hydroxyl groups excluding tert-OH is 1. The number of hydrogen-bond donors (Lipinski definition) is 2. The van der Waals surface area contributed by atoms with Crippen molar-refractivity contribution in [2.75, 3.05) is 20.3 Å². The maximum atomic E-state index is 9.28. The van der Waals surface area contributed by atoms with Crippen LogP contribution in [-0.2, 0) is 6.54 Å². The molecule has 0 radical (unpaired) electrons. The highest BCUT2D eigenvalue weighted by Crippen LogP contribution is 2.44. The summed E-state index contributed by atoms with van der Waals surface area (Å²) < 4.78 is 5.47. The lowest BCUT2D eigenvalue weighted by Crippen LogP contribution is -2.26. The molecule has 0 bridgehead atoms. The lowest BCUT2D eigenvalue weighted by Gasteiger charge is -2.16. The number of benzene rings is 1. The second-order valence-corrected chi connectivity index (χ2v) is 5.54. The molecule has 1 aliphatic rings. The minimum atomic E-state index is 0.159. The first-order valence-electron chi connectivity index (χ1n) is 6.56. The van der Waals surface area contributed by atoms with Crippen molar-refractivity contribution in [1.29, 1.82) is 0 Å². The van der Waals surface area contributed by atoms with Gasteiger partial charge in [0.15, 0.2) is 0 Å². The zero-order chi connectivity index (χ0) is 13.2. The molecule has 0 spiro atoms. The van der Waals surface area contributed by atoms with Crippen LogP contribution in [0.2, 0.25) is 0 Å². The van der Waals surface area contributed by atoms with Gasteiger partial charge in [0.1, 0.15) is 5.75 Å². The lowest BCUT2D eigenvalue weighted by atomic mass is 10.0. The Morgan fingerprint density at radius 3 is 2.61 bits per heavy atom. The monoisotopic (exact) mass is 249 g/mol. The van der Waals surface area contributed by atoms with Gasteiger partial charge in [0.2, 0.25) is 0 Å². The SMILES string of the molecule is COc1c(C)cc(C)cc1CNCC1(CO)CC1. The Labute approximate surface area is 109 Å². The summed E-state index contributed by atoms with van der Waals surface area (Å²) in [5, 5.41) is 12.7. The van der Waals surface area contributed by atoms with E-state index in [9.17, 15) is 5.11 Å². The molecule has 0 heterocycles. The van der Waals surface area contributed by atoms with Gasteiger partial charge in [0, 0.05) is 30.7 Å². The number of rotatable bonds is 6. The molecule has 100 valence electrons. The van der Waals surface area contributed by atoms with Gasteiger partial charge in [-0.05, 0) is 32.3 Å². The summed E-state index contributed by atoms with van der Waals surface area (Å²) in [6.45, 7) is 6.16. The Bertz CT molecular complexity index is 425. The van der Waals surface area contributed by atoms with Gasteiger partial charge in [-0.15, -0.1) is 0 Å². The molecule has 1 aliphatic carbocycles. The summed E-state index contributed by atoms with van der Waals surface area (Å²) >= 11 is 0. The summed E-state index contributed by atoms with van der Waals surface area (Å²) in [7, 11) is 1.72. The van der Waals surface area contributed by atoms with Crippen LogP contribution in [0.25, 0.3) is 0 Å². The van der Waals surface area contributed by atoms with E-state index in [1.165, 1.54) is 16.7 Å². The zero-order valence-corrected chi connectivity index (χ0v) is 11.5. The molecule has 0 saturated heterocycles. The first-order valence-corrected chi connectivity index (χ1v) is 6.56. The third-order valence-electron chi connectivity index (χ3n) is 3.81. The van der Waals surface area contributed by atoms with Gasteiger partial charge in [-0.2, -0.15) is 0 Å². The van der Waals surface area contributed by atoms with E-state index in [0.29, 0.717) is 6.61 Å². The van der Waals surface area contributed by atoms with Gasteiger partial charge < -0.3 is 15.2 Å². The smallest absolute Gasteiger partial charge is 0.126 e. The van der Waals surface area contributed by atoms with Gasteiger partial charge in [-0.1, -0.05) is 17.7 Å². The van der Waals surface area contributed by atoms with E-state index in [4.69, 9.17) is 4.74 Å². The fourth-order valence-corrected chi connectivity index (χ4v) is 2.50. The average molecular weight is 249 g/mol. The van der Waals surface area contributed by atoms with Crippen LogP contribution in [0.15, 0.2) is 12.1 Å². The van der Waals surface area contributed by atoms with Crippen molar-refractivity contribution < 1.29 is 9.84 Å². The Morgan fingerprint density at radius 1 is 1.33 bits per heavy atom. The van der Waals surface area contributed by atoms with Crippen molar-refractivity contribution in [3.63, 3.8) is 0 Å². The molecule has 1 saturated carbocycles. The largest absolute Gasteiger partial charge is 0.496 e. The summed E-state index contributed by atoms with van der Waals surface area (Å²) in [5.74, 6) is 0.974. The van der Waals surface area contributed by atoms with E-state index in [1.54, 1.807) is 7.11 Å². The third kappa shape index (κ3) is 2.85. The van der Waals surface area contributed by atoms with Crippen molar-refractivity contribution in [2.24, 2.45) is 5.41 Å². The second-order valence-electron chi connectivity index (χ2n) is 5.54. The Kier molecular flexibility index (Phi) is 3.93. The van der Waals surface area contributed by atoms with Gasteiger partial charge in [-0.3, -0.25) is 0 Å². The second kappa shape index (κ2) is 5.29. The molecule has 18 heavy (non-hydrogen) atoms. The van der Waals surface area contributed by atoms with E-state index in [1.807, 2.05) is 0 Å². The Morgan fingerprint density at radius 2 is 2.06 bits per heavy atom. The fraction of sp³-hybridized carbons (Fsp3) is 0.600. The molecule has 0 amide bonds. The molecule has 0 aromatic heterocycles. The summed E-state index contributed by atoms with van der Waals surface area (Å²) in [5.41, 5.74) is 3.79. The van der Waals surface area contributed by atoms with E-state index >= 15 is 0 Å². The summed E-state index contributed by atoms with van der Waals surface area (Å²) in [6.07, 6.45) is 2.28. The van der Waals surface area contributed by atoms with Crippen LogP contribution < -0.4 is 10.1 Å². The predicted molar refractivity (Wildman–Crippen MR) is 72.9 cm³/mol. The molecule has 0 unspecified atom stereocenters. The van der Waals surface area contributed by atoms with Crippen LogP contribution in [0.4, 0.5) is 0 Å². The number of ether oxygens (including phenoxy) is 1. The molecule has 3 heteroatoms. The van der Waals surface area contributed by atoms with E-state index in [2.05, 4.69) is 31.3 Å². The minimum absolute atomic E-state index is 0.159. The van der Waals surface area contributed by atoms with E-state index in [-0.39, 0.29) is 5.41 Å². The maximum absolute atomic E-state index is 9.28. The third-order valence-corrected chi connectivity index (χ3v) is 3.81. The van der Waals surface area contributed by atoms with Gasteiger partial charge in [0.05, 0.1) is 7.11 Å². The first kappa shape index (κ1) is 13.4. The topological polar surface area (TPSA) is 41.5 Å². The Hall–Kier alpha value is -1.06. The van der Waals surface area contributed by atoms with Crippen molar-refractivity contribution in [3.8, 4) is 5.75 Å². The standard InChI is InChI=1S/C15H23NO2/c1-11-6-12(2)14(18-3)13(7-11)8-16-9-15(10-17)4-5-15/h6-7,16-17H,4-5,8-10H2,1-3H3. The number of hydrogen-bond acceptors (Lipinski definition) is 3. The molecule has 0 aliphatic heterocycles. The van der Waals surface area contributed by atoms with Crippen LogP contribution in [0, 0.1) is 19.3 Å². The fourth-order valence-electron chi connectivity index (χ4n) is 2.50. The quantitative estimate of drug-likeness (QED) is 0.812. The highest BCUT2D eigenvalue weighted by Gasteiger charge is 2.41. The summed E-state index contributed by atoms with van der Waals surface area (Å²) in [6, 6.07) is 4.30. The molecule has 1 aromatic rings. The van der Waals surface area contributed by atoms with Gasteiger partial charge in [0.25, 0.3) is 0 Å². The number of nitrogens with one attached hydrogen (secondary N) is 1. The number of methoxy groups -OCH3 is 1. The molecular formula is C15H23NO2. The van der Waals surface area contributed by atoms with E-state index in [0.717, 1.165) is 31.7 Å². The first-order chi connectivity index (χ1) is 8.60. The number of aryl methyl sites for hydroxylation is 2. The maximum Gasteiger partial charge on any atom is 0.126 e. The average Bonchev–Trinajstić information content (AvgIpc) is 3.09. The number of aliphatic hydroxyl groups is 1. The Balaban J connectivity index is 2.00. The van der Waals surface area contributed by atoms with Crippen molar-refractivity contribution in [1.82, 2.24) is 5.32 Å². The van der Waals surface area contributed by atoms with Crippen LogP contribution >= 0.6 is 0 Å². The molecule has 2 N–H and O–H groups in total. The zero-order valence-electron chi connectivity index (χ0n) is 11.5. The van der Waals surface area contributed by atoms with E-state index < -0.39 is 0 Å². The summed E-state index contributed by atoms with van der Waals surface area (Å²) in [4.78, 5) is 0. The highest BCUT2D eigenvalue weighted by atomic mass is 16.5. The van der Waals surface area contributed by atoms with Crippen LogP contribution in [0.1, 0.15) is 29.5 Å². The normalized spacial score (nSPS) is 16.7. The molecular weight excluding hydrogens is 226 g/mol. The van der Waals surface area contributed by atoms with Crippen LogP contribution in [0.5, 0.6) is 5.75 Å². The lowest BCUT2D eigenvalue weighted by molar-refractivity contribution is 0.207. The molecule has 2 rings (SSSR count). The van der Waals surface area contributed by atoms with Gasteiger partial charge >= 0.3 is 0 Å². The van der Waals surface area contributed by atoms with Crippen LogP contribution in [0.3, 0.4) is 0 Å². The van der Waals surface area contributed by atoms with Crippen molar-refractivity contribution >= 4 is 0 Å². The predicted octanol–water partition coefficient (Wildman–Crippen LogP) is 2.17.